The van der Waals surface area contributed by atoms with Crippen LogP contribution >= 0.6 is 0 Å². The SMILES string of the molecule is Cc1nn(C)cc1-c1ccc(NCC2C[C@@H]3CN(CC(C)C(C)(C)C)C[C@@H]3C2)nn1. The predicted octanol–water partition coefficient (Wildman–Crippen LogP) is 4.24. The van der Waals surface area contributed by atoms with E-state index < -0.39 is 0 Å². The van der Waals surface area contributed by atoms with Crippen LogP contribution in [0.25, 0.3) is 11.3 Å². The van der Waals surface area contributed by atoms with Crippen LogP contribution in [0.15, 0.2) is 18.3 Å². The van der Waals surface area contributed by atoms with Crippen molar-refractivity contribution in [2.45, 2.75) is 47.5 Å². The highest BCUT2D eigenvalue weighted by atomic mass is 15.3. The predicted molar refractivity (Wildman–Crippen MR) is 122 cm³/mol. The van der Waals surface area contributed by atoms with Gasteiger partial charge in [0.25, 0.3) is 0 Å². The van der Waals surface area contributed by atoms with Crippen LogP contribution in [0, 0.1) is 36.0 Å². The summed E-state index contributed by atoms with van der Waals surface area (Å²) in [5.74, 6) is 4.13. The van der Waals surface area contributed by atoms with Gasteiger partial charge in [0.05, 0.1) is 11.4 Å². The molecule has 4 rings (SSSR count). The maximum atomic E-state index is 4.41. The van der Waals surface area contributed by atoms with Crippen molar-refractivity contribution in [3.05, 3.63) is 24.0 Å². The van der Waals surface area contributed by atoms with Crippen LogP contribution in [0.3, 0.4) is 0 Å². The number of rotatable bonds is 6. The standard InChI is InChI=1S/C24H38N6/c1-16(24(3,4)5)12-30-13-19-9-18(10-20(19)14-30)11-25-23-8-7-22(26-27-23)21-15-29(6)28-17(21)2/h7-8,15-16,18-20H,9-14H2,1-6H3,(H,25,27)/t16?,18?,19-,20+. The van der Waals surface area contributed by atoms with Gasteiger partial charge in [-0.3, -0.25) is 4.68 Å². The van der Waals surface area contributed by atoms with E-state index in [4.69, 9.17) is 0 Å². The molecule has 2 fully saturated rings. The molecule has 1 saturated carbocycles. The molecular formula is C24H38N6. The van der Waals surface area contributed by atoms with Crippen molar-refractivity contribution in [2.24, 2.45) is 36.1 Å². The van der Waals surface area contributed by atoms with E-state index in [1.807, 2.05) is 37.0 Å². The van der Waals surface area contributed by atoms with Crippen LogP contribution in [-0.4, -0.2) is 51.1 Å². The van der Waals surface area contributed by atoms with E-state index >= 15 is 0 Å². The Kier molecular flexibility index (Phi) is 5.88. The average molecular weight is 411 g/mol. The fourth-order valence-corrected chi connectivity index (χ4v) is 5.17. The fraction of sp³-hybridized carbons (Fsp3) is 0.708. The molecule has 2 unspecified atom stereocenters. The molecule has 0 bridgehead atoms. The minimum atomic E-state index is 0.399. The molecule has 1 N–H and O–H groups in total. The molecule has 2 aromatic rings. The Morgan fingerprint density at radius 2 is 1.83 bits per heavy atom. The zero-order valence-corrected chi connectivity index (χ0v) is 19.5. The number of hydrogen-bond donors (Lipinski definition) is 1. The first-order valence-electron chi connectivity index (χ1n) is 11.5. The van der Waals surface area contributed by atoms with Gasteiger partial charge in [-0.15, -0.1) is 10.2 Å². The summed E-state index contributed by atoms with van der Waals surface area (Å²) in [7, 11) is 1.93. The summed E-state index contributed by atoms with van der Waals surface area (Å²) in [6, 6.07) is 4.08. The number of likely N-dealkylation sites (tertiary alicyclic amines) is 1. The van der Waals surface area contributed by atoms with Gasteiger partial charge in [-0.25, -0.2) is 0 Å². The Labute approximate surface area is 181 Å². The lowest BCUT2D eigenvalue weighted by Crippen LogP contribution is -2.33. The maximum absolute atomic E-state index is 4.41. The van der Waals surface area contributed by atoms with Crippen molar-refractivity contribution < 1.29 is 0 Å². The fourth-order valence-electron chi connectivity index (χ4n) is 5.17. The first-order chi connectivity index (χ1) is 14.2. The molecule has 1 aliphatic carbocycles. The molecule has 0 radical (unpaired) electrons. The van der Waals surface area contributed by atoms with Gasteiger partial charge in [0.2, 0.25) is 0 Å². The van der Waals surface area contributed by atoms with Crippen molar-refractivity contribution in [1.82, 2.24) is 24.9 Å². The van der Waals surface area contributed by atoms with Gasteiger partial charge in [0.1, 0.15) is 5.82 Å². The molecule has 6 nitrogen and oxygen atoms in total. The Morgan fingerprint density at radius 3 is 2.37 bits per heavy atom. The van der Waals surface area contributed by atoms with Gasteiger partial charge < -0.3 is 10.2 Å². The molecule has 30 heavy (non-hydrogen) atoms. The van der Waals surface area contributed by atoms with E-state index in [1.165, 1.54) is 32.5 Å². The lowest BCUT2D eigenvalue weighted by molar-refractivity contribution is 0.173. The second-order valence-electron chi connectivity index (χ2n) is 10.8. The number of anilines is 1. The molecule has 1 aliphatic heterocycles. The van der Waals surface area contributed by atoms with Crippen molar-refractivity contribution >= 4 is 5.82 Å². The van der Waals surface area contributed by atoms with Crippen molar-refractivity contribution in [2.75, 3.05) is 31.5 Å². The third kappa shape index (κ3) is 4.69. The Bertz CT molecular complexity index is 836. The normalized spacial score (nSPS) is 25.5. The van der Waals surface area contributed by atoms with Crippen LogP contribution in [0.2, 0.25) is 0 Å². The van der Waals surface area contributed by atoms with E-state index in [1.54, 1.807) is 0 Å². The lowest BCUT2D eigenvalue weighted by atomic mass is 9.82. The first-order valence-corrected chi connectivity index (χ1v) is 11.5. The monoisotopic (exact) mass is 410 g/mol. The van der Waals surface area contributed by atoms with E-state index in [2.05, 4.69) is 53.2 Å². The van der Waals surface area contributed by atoms with Crippen LogP contribution in [0.5, 0.6) is 0 Å². The summed E-state index contributed by atoms with van der Waals surface area (Å²) in [6.07, 6.45) is 4.69. The Hall–Kier alpha value is -1.95. The zero-order valence-electron chi connectivity index (χ0n) is 19.5. The van der Waals surface area contributed by atoms with E-state index in [-0.39, 0.29) is 0 Å². The topological polar surface area (TPSA) is 58.9 Å². The van der Waals surface area contributed by atoms with Gasteiger partial charge in [-0.1, -0.05) is 27.7 Å². The smallest absolute Gasteiger partial charge is 0.148 e. The molecule has 6 heteroatoms. The van der Waals surface area contributed by atoms with E-state index in [0.717, 1.165) is 53.0 Å². The number of fused-ring (bicyclic) bond motifs is 1. The van der Waals surface area contributed by atoms with Crippen molar-refractivity contribution in [3.8, 4) is 11.3 Å². The van der Waals surface area contributed by atoms with Crippen LogP contribution in [0.4, 0.5) is 5.82 Å². The van der Waals surface area contributed by atoms with E-state index in [9.17, 15) is 0 Å². The summed E-state index contributed by atoms with van der Waals surface area (Å²) in [4.78, 5) is 2.72. The highest BCUT2D eigenvalue weighted by Crippen LogP contribution is 2.42. The number of hydrogen-bond acceptors (Lipinski definition) is 5. The quantitative estimate of drug-likeness (QED) is 0.772. The third-order valence-electron chi connectivity index (χ3n) is 7.46. The molecular weight excluding hydrogens is 372 g/mol. The average Bonchev–Trinajstić information content (AvgIpc) is 3.32. The highest BCUT2D eigenvalue weighted by Gasteiger charge is 2.41. The van der Waals surface area contributed by atoms with E-state index in [0.29, 0.717) is 5.41 Å². The summed E-state index contributed by atoms with van der Waals surface area (Å²) >= 11 is 0. The van der Waals surface area contributed by atoms with Gasteiger partial charge >= 0.3 is 0 Å². The Morgan fingerprint density at radius 1 is 1.13 bits per heavy atom. The summed E-state index contributed by atoms with van der Waals surface area (Å²) < 4.78 is 1.82. The molecule has 1 saturated heterocycles. The Balaban J connectivity index is 1.24. The second kappa shape index (κ2) is 8.29. The number of nitrogens with zero attached hydrogens (tertiary/aromatic N) is 5. The van der Waals surface area contributed by atoms with Crippen molar-refractivity contribution in [3.63, 3.8) is 0 Å². The minimum Gasteiger partial charge on any atom is -0.368 e. The largest absolute Gasteiger partial charge is 0.368 e. The highest BCUT2D eigenvalue weighted by molar-refractivity contribution is 5.61. The lowest BCUT2D eigenvalue weighted by Gasteiger charge is -2.31. The first kappa shape index (κ1) is 21.3. The molecule has 3 heterocycles. The summed E-state index contributed by atoms with van der Waals surface area (Å²) in [5.41, 5.74) is 3.31. The third-order valence-corrected chi connectivity index (χ3v) is 7.46. The molecule has 0 aromatic carbocycles. The molecule has 164 valence electrons. The van der Waals surface area contributed by atoms with Crippen LogP contribution in [0.1, 0.15) is 46.2 Å². The minimum absolute atomic E-state index is 0.399. The molecule has 2 aliphatic rings. The number of nitrogens with one attached hydrogen (secondary N) is 1. The van der Waals surface area contributed by atoms with Crippen LogP contribution in [-0.2, 0) is 7.05 Å². The number of aromatic nitrogens is 4. The summed E-state index contributed by atoms with van der Waals surface area (Å²) in [6.45, 7) is 16.3. The summed E-state index contributed by atoms with van der Waals surface area (Å²) in [5, 5.41) is 16.7. The number of aryl methyl sites for hydroxylation is 2. The molecule has 0 spiro atoms. The van der Waals surface area contributed by atoms with Gasteiger partial charge in [-0.2, -0.15) is 5.10 Å². The molecule has 2 aromatic heterocycles. The van der Waals surface area contributed by atoms with Crippen molar-refractivity contribution in [1.29, 1.82) is 0 Å². The zero-order chi connectivity index (χ0) is 21.5. The van der Waals surface area contributed by atoms with Gasteiger partial charge in [-0.05, 0) is 61.0 Å². The van der Waals surface area contributed by atoms with Crippen LogP contribution < -0.4 is 5.32 Å². The molecule has 4 atom stereocenters. The molecule has 0 amide bonds. The second-order valence-corrected chi connectivity index (χ2v) is 10.8. The van der Waals surface area contributed by atoms with Gasteiger partial charge in [0, 0.05) is 45.0 Å². The van der Waals surface area contributed by atoms with Gasteiger partial charge in [0.15, 0.2) is 0 Å². The maximum Gasteiger partial charge on any atom is 0.148 e.